The second kappa shape index (κ2) is 8.95. The molecule has 0 aliphatic rings. The van der Waals surface area contributed by atoms with Gasteiger partial charge < -0.3 is 10.1 Å². The van der Waals surface area contributed by atoms with Gasteiger partial charge in [0.05, 0.1) is 13.5 Å². The van der Waals surface area contributed by atoms with Gasteiger partial charge in [-0.15, -0.1) is 0 Å². The Hall–Kier alpha value is -1.06. The number of ether oxygens (including phenoxy) is 1. The van der Waals surface area contributed by atoms with Gasteiger partial charge in [0, 0.05) is 12.0 Å². The molecule has 1 amide bonds. The molecule has 0 aliphatic heterocycles. The molecule has 0 radical (unpaired) electrons. The lowest BCUT2D eigenvalue weighted by Crippen LogP contribution is -2.38. The number of methoxy groups -OCH3 is 1. The van der Waals surface area contributed by atoms with Crippen LogP contribution in [0.5, 0.6) is 0 Å². The second-order valence-corrected chi connectivity index (χ2v) is 5.28. The van der Waals surface area contributed by atoms with Crippen LogP contribution >= 0.6 is 0 Å². The van der Waals surface area contributed by atoms with Crippen molar-refractivity contribution in [3.63, 3.8) is 0 Å². The highest BCUT2D eigenvalue weighted by atomic mass is 16.5. The van der Waals surface area contributed by atoms with Crippen LogP contribution in [0.2, 0.25) is 0 Å². The molecule has 0 aliphatic carbocycles. The molecule has 0 atom stereocenters. The van der Waals surface area contributed by atoms with Crippen molar-refractivity contribution < 1.29 is 14.3 Å². The van der Waals surface area contributed by atoms with Gasteiger partial charge in [0.2, 0.25) is 5.91 Å². The van der Waals surface area contributed by atoms with Crippen LogP contribution in [0, 0.1) is 5.41 Å². The maximum Gasteiger partial charge on any atom is 0.307 e. The smallest absolute Gasteiger partial charge is 0.307 e. The molecule has 4 nitrogen and oxygen atoms in total. The summed E-state index contributed by atoms with van der Waals surface area (Å²) in [5, 5.41) is 2.79. The van der Waals surface area contributed by atoms with Crippen molar-refractivity contribution in [3.8, 4) is 0 Å². The number of esters is 1. The Balaban J connectivity index is 3.87. The zero-order chi connectivity index (χ0) is 14.0. The topological polar surface area (TPSA) is 55.4 Å². The number of hydrogen-bond donors (Lipinski definition) is 1. The maximum absolute atomic E-state index is 11.9. The van der Waals surface area contributed by atoms with Gasteiger partial charge in [-0.25, -0.2) is 0 Å². The molecule has 0 rings (SSSR count). The van der Waals surface area contributed by atoms with Crippen molar-refractivity contribution in [1.29, 1.82) is 0 Å². The third-order valence-electron chi connectivity index (χ3n) is 3.11. The summed E-state index contributed by atoms with van der Waals surface area (Å²) in [6.07, 6.45) is 5.79. The van der Waals surface area contributed by atoms with Gasteiger partial charge >= 0.3 is 5.97 Å². The zero-order valence-electron chi connectivity index (χ0n) is 12.2. The molecule has 0 aromatic rings. The average Bonchev–Trinajstić information content (AvgIpc) is 2.34. The highest BCUT2D eigenvalue weighted by molar-refractivity contribution is 5.82. The Morgan fingerprint density at radius 3 is 2.39 bits per heavy atom. The fraction of sp³-hybridized carbons (Fsp3) is 0.857. The number of carbonyl (C=O) groups is 2. The highest BCUT2D eigenvalue weighted by Crippen LogP contribution is 2.24. The predicted molar refractivity (Wildman–Crippen MR) is 72.2 cm³/mol. The highest BCUT2D eigenvalue weighted by Gasteiger charge is 2.26. The van der Waals surface area contributed by atoms with E-state index in [1.54, 1.807) is 0 Å². The van der Waals surface area contributed by atoms with E-state index >= 15 is 0 Å². The molecule has 106 valence electrons. The molecule has 0 aromatic carbocycles. The van der Waals surface area contributed by atoms with Crippen LogP contribution in [0.3, 0.4) is 0 Å². The SMILES string of the molecule is CCCCCCC(C)(C)C(=O)NCCC(=O)OC. The minimum absolute atomic E-state index is 0.0166. The van der Waals surface area contributed by atoms with Crippen LogP contribution in [-0.4, -0.2) is 25.5 Å². The van der Waals surface area contributed by atoms with Gasteiger partial charge in [-0.3, -0.25) is 9.59 Å². The van der Waals surface area contributed by atoms with Gasteiger partial charge in [0.15, 0.2) is 0 Å². The number of amides is 1. The van der Waals surface area contributed by atoms with Crippen molar-refractivity contribution in [2.24, 2.45) is 5.41 Å². The lowest BCUT2D eigenvalue weighted by molar-refractivity contribution is -0.140. The Labute approximate surface area is 110 Å². The Kier molecular flexibility index (Phi) is 8.42. The molecular weight excluding hydrogens is 230 g/mol. The third kappa shape index (κ3) is 7.30. The van der Waals surface area contributed by atoms with Gasteiger partial charge in [-0.2, -0.15) is 0 Å². The van der Waals surface area contributed by atoms with E-state index in [9.17, 15) is 9.59 Å². The van der Waals surface area contributed by atoms with Crippen LogP contribution in [-0.2, 0) is 14.3 Å². The molecule has 18 heavy (non-hydrogen) atoms. The fourth-order valence-corrected chi connectivity index (χ4v) is 1.73. The first-order chi connectivity index (χ1) is 8.44. The number of hydrogen-bond acceptors (Lipinski definition) is 3. The quantitative estimate of drug-likeness (QED) is 0.510. The van der Waals surface area contributed by atoms with Crippen LogP contribution in [0.4, 0.5) is 0 Å². The van der Waals surface area contributed by atoms with Crippen molar-refractivity contribution in [2.45, 2.75) is 59.3 Å². The summed E-state index contributed by atoms with van der Waals surface area (Å²) in [6.45, 7) is 6.42. The lowest BCUT2D eigenvalue weighted by atomic mass is 9.86. The normalized spacial score (nSPS) is 11.1. The summed E-state index contributed by atoms with van der Waals surface area (Å²) in [5.41, 5.74) is -0.357. The van der Waals surface area contributed by atoms with Crippen LogP contribution < -0.4 is 5.32 Å². The zero-order valence-corrected chi connectivity index (χ0v) is 12.2. The molecule has 4 heteroatoms. The van der Waals surface area contributed by atoms with Crippen molar-refractivity contribution in [3.05, 3.63) is 0 Å². The van der Waals surface area contributed by atoms with E-state index in [0.717, 1.165) is 12.8 Å². The number of rotatable bonds is 9. The standard InChI is InChI=1S/C14H27NO3/c1-5-6-7-8-10-14(2,3)13(17)15-11-9-12(16)18-4/h5-11H2,1-4H3,(H,15,17). The Bertz CT molecular complexity index is 262. The van der Waals surface area contributed by atoms with Gasteiger partial charge in [-0.05, 0) is 6.42 Å². The maximum atomic E-state index is 11.9. The summed E-state index contributed by atoms with van der Waals surface area (Å²) < 4.78 is 4.52. The molecule has 0 spiro atoms. The molecule has 0 saturated carbocycles. The lowest BCUT2D eigenvalue weighted by Gasteiger charge is -2.23. The third-order valence-corrected chi connectivity index (χ3v) is 3.11. The van der Waals surface area contributed by atoms with E-state index in [1.807, 2.05) is 13.8 Å². The fourth-order valence-electron chi connectivity index (χ4n) is 1.73. The van der Waals surface area contributed by atoms with Crippen molar-refractivity contribution in [2.75, 3.05) is 13.7 Å². The minimum Gasteiger partial charge on any atom is -0.469 e. The molecule has 1 N–H and O–H groups in total. The van der Waals surface area contributed by atoms with E-state index in [1.165, 1.54) is 26.4 Å². The van der Waals surface area contributed by atoms with Crippen molar-refractivity contribution in [1.82, 2.24) is 5.32 Å². The summed E-state index contributed by atoms with van der Waals surface area (Å²) >= 11 is 0. The largest absolute Gasteiger partial charge is 0.469 e. The number of carbonyl (C=O) groups excluding carboxylic acids is 2. The Morgan fingerprint density at radius 1 is 1.17 bits per heavy atom. The van der Waals surface area contributed by atoms with Crippen LogP contribution in [0.25, 0.3) is 0 Å². The number of nitrogens with one attached hydrogen (secondary N) is 1. The monoisotopic (exact) mass is 257 g/mol. The molecule has 0 bridgehead atoms. The van der Waals surface area contributed by atoms with Gasteiger partial charge in [0.1, 0.15) is 0 Å². The second-order valence-electron chi connectivity index (χ2n) is 5.28. The first-order valence-electron chi connectivity index (χ1n) is 6.79. The minimum atomic E-state index is -0.357. The summed E-state index contributed by atoms with van der Waals surface area (Å²) in [4.78, 5) is 22.8. The van der Waals surface area contributed by atoms with Crippen LogP contribution in [0.1, 0.15) is 59.3 Å². The summed E-state index contributed by atoms with van der Waals surface area (Å²) in [5.74, 6) is -0.279. The van der Waals surface area contributed by atoms with Gasteiger partial charge in [-0.1, -0.05) is 46.5 Å². The first-order valence-corrected chi connectivity index (χ1v) is 6.79. The molecular formula is C14H27NO3. The van der Waals surface area contributed by atoms with Crippen molar-refractivity contribution >= 4 is 11.9 Å². The van der Waals surface area contributed by atoms with E-state index in [0.29, 0.717) is 6.54 Å². The first kappa shape index (κ1) is 16.9. The molecule has 0 fully saturated rings. The number of unbranched alkanes of at least 4 members (excludes halogenated alkanes) is 3. The molecule has 0 saturated heterocycles. The summed E-state index contributed by atoms with van der Waals surface area (Å²) in [7, 11) is 1.35. The van der Waals surface area contributed by atoms with E-state index in [-0.39, 0.29) is 23.7 Å². The molecule has 0 heterocycles. The van der Waals surface area contributed by atoms with E-state index in [4.69, 9.17) is 0 Å². The average molecular weight is 257 g/mol. The van der Waals surface area contributed by atoms with Crippen LogP contribution in [0.15, 0.2) is 0 Å². The van der Waals surface area contributed by atoms with E-state index in [2.05, 4.69) is 17.0 Å². The summed E-state index contributed by atoms with van der Waals surface area (Å²) in [6, 6.07) is 0. The van der Waals surface area contributed by atoms with E-state index < -0.39 is 0 Å². The molecule has 0 aromatic heterocycles. The van der Waals surface area contributed by atoms with Gasteiger partial charge in [0.25, 0.3) is 0 Å². The molecule has 0 unspecified atom stereocenters. The predicted octanol–water partition coefficient (Wildman–Crippen LogP) is 2.66. The Morgan fingerprint density at radius 2 is 1.83 bits per heavy atom.